The van der Waals surface area contributed by atoms with Crippen molar-refractivity contribution in [2.45, 2.75) is 12.6 Å². The van der Waals surface area contributed by atoms with Crippen LogP contribution in [0.1, 0.15) is 16.8 Å². The number of nitrogens with one attached hydrogen (secondary N) is 1. The molecular formula is C15H11F3N4O3. The second-order valence-corrected chi connectivity index (χ2v) is 5.02. The van der Waals surface area contributed by atoms with Crippen LogP contribution in [0.3, 0.4) is 0 Å². The largest absolute Gasteiger partial charge is 0.480 e. The molecule has 0 spiro atoms. The van der Waals surface area contributed by atoms with Crippen molar-refractivity contribution in [3.63, 3.8) is 0 Å². The van der Waals surface area contributed by atoms with Gasteiger partial charge in [0.15, 0.2) is 0 Å². The van der Waals surface area contributed by atoms with E-state index in [0.717, 1.165) is 12.1 Å². The van der Waals surface area contributed by atoms with E-state index >= 15 is 0 Å². The molecule has 130 valence electrons. The third kappa shape index (κ3) is 3.67. The van der Waals surface area contributed by atoms with Crippen molar-refractivity contribution < 1.29 is 22.4 Å². The molecule has 0 amide bonds. The molecule has 0 bridgehead atoms. The summed E-state index contributed by atoms with van der Waals surface area (Å²) in [6, 6.07) is 4.68. The smallest absolute Gasteiger partial charge is 0.439 e. The number of hydrogen-bond acceptors (Lipinski definition) is 6. The van der Waals surface area contributed by atoms with Gasteiger partial charge in [-0.15, -0.1) is 0 Å². The fourth-order valence-corrected chi connectivity index (χ4v) is 2.15. The Hall–Kier alpha value is -3.17. The number of aromatic amines is 1. The van der Waals surface area contributed by atoms with Crippen molar-refractivity contribution in [2.75, 3.05) is 7.11 Å². The molecule has 0 unspecified atom stereocenters. The summed E-state index contributed by atoms with van der Waals surface area (Å²) in [6.45, 7) is 0. The summed E-state index contributed by atoms with van der Waals surface area (Å²) >= 11 is 0. The fraction of sp³-hybridized carbons (Fsp3) is 0.200. The molecule has 0 fully saturated rings. The molecule has 1 N–H and O–H groups in total. The maximum absolute atomic E-state index is 12.6. The highest BCUT2D eigenvalue weighted by Gasteiger charge is 2.30. The Morgan fingerprint density at radius 3 is 2.52 bits per heavy atom. The van der Waals surface area contributed by atoms with Crippen LogP contribution in [0.25, 0.3) is 11.5 Å². The Balaban J connectivity index is 1.96. The molecule has 2 heterocycles. The molecular weight excluding hydrogens is 341 g/mol. The van der Waals surface area contributed by atoms with Crippen molar-refractivity contribution in [2.24, 2.45) is 0 Å². The average Bonchev–Trinajstić information content (AvgIpc) is 3.01. The van der Waals surface area contributed by atoms with Gasteiger partial charge < -0.3 is 4.74 Å². The maximum atomic E-state index is 12.6. The van der Waals surface area contributed by atoms with Gasteiger partial charge in [0.2, 0.25) is 11.7 Å². The predicted octanol–water partition coefficient (Wildman–Crippen LogP) is 2.44. The Morgan fingerprint density at radius 2 is 1.96 bits per heavy atom. The Bertz CT molecular complexity index is 932. The van der Waals surface area contributed by atoms with Crippen LogP contribution in [0.15, 0.2) is 39.8 Å². The van der Waals surface area contributed by atoms with Crippen molar-refractivity contribution in [3.8, 4) is 17.4 Å². The van der Waals surface area contributed by atoms with Crippen LogP contribution >= 0.6 is 0 Å². The van der Waals surface area contributed by atoms with Gasteiger partial charge in [-0.05, 0) is 17.7 Å². The van der Waals surface area contributed by atoms with Crippen LogP contribution in [0, 0.1) is 0 Å². The highest BCUT2D eigenvalue weighted by molar-refractivity contribution is 5.53. The van der Waals surface area contributed by atoms with Gasteiger partial charge >= 0.3 is 11.9 Å². The first-order valence-electron chi connectivity index (χ1n) is 6.99. The predicted molar refractivity (Wildman–Crippen MR) is 79.0 cm³/mol. The van der Waals surface area contributed by atoms with Crippen molar-refractivity contribution in [3.05, 3.63) is 57.8 Å². The van der Waals surface area contributed by atoms with Gasteiger partial charge in [-0.1, -0.05) is 17.3 Å². The van der Waals surface area contributed by atoms with E-state index in [2.05, 4.69) is 24.6 Å². The van der Waals surface area contributed by atoms with E-state index in [9.17, 15) is 18.0 Å². The van der Waals surface area contributed by atoms with E-state index in [1.165, 1.54) is 25.4 Å². The third-order valence-corrected chi connectivity index (χ3v) is 3.35. The highest BCUT2D eigenvalue weighted by Crippen LogP contribution is 2.29. The highest BCUT2D eigenvalue weighted by atomic mass is 19.4. The summed E-state index contributed by atoms with van der Waals surface area (Å²) in [5, 5.41) is 3.56. The van der Waals surface area contributed by atoms with Crippen LogP contribution in [-0.2, 0) is 12.6 Å². The lowest BCUT2D eigenvalue weighted by atomic mass is 10.1. The van der Waals surface area contributed by atoms with Crippen LogP contribution in [0.5, 0.6) is 5.88 Å². The molecule has 10 heteroatoms. The summed E-state index contributed by atoms with van der Waals surface area (Å²) in [5.41, 5.74) is 0.452. The summed E-state index contributed by atoms with van der Waals surface area (Å²) < 4.78 is 47.3. The number of rotatable bonds is 4. The minimum Gasteiger partial charge on any atom is -0.480 e. The summed E-state index contributed by atoms with van der Waals surface area (Å²) in [6.07, 6.45) is -2.86. The second-order valence-electron chi connectivity index (χ2n) is 5.02. The van der Waals surface area contributed by atoms with E-state index in [4.69, 9.17) is 4.74 Å². The minimum absolute atomic E-state index is 0.0540. The van der Waals surface area contributed by atoms with E-state index in [1.54, 1.807) is 0 Å². The molecule has 0 aliphatic rings. The number of alkyl halides is 3. The van der Waals surface area contributed by atoms with E-state index in [1.807, 2.05) is 0 Å². The first-order chi connectivity index (χ1) is 11.9. The van der Waals surface area contributed by atoms with Crippen molar-refractivity contribution in [1.82, 2.24) is 20.1 Å². The standard InChI is InChI=1S/C15H11F3N4O3/c1-24-11-7-19-10(12(20-11)13-21-14(23)25-22-13)6-8-2-4-9(5-3-8)15(16,17)18/h2-5,7H,6H2,1H3,(H,21,22,23). The Labute approximate surface area is 138 Å². The zero-order valence-corrected chi connectivity index (χ0v) is 12.8. The number of nitrogens with zero attached hydrogens (tertiary/aromatic N) is 3. The SMILES string of the molecule is COc1cnc(Cc2ccc(C(F)(F)F)cc2)c(-c2noc(=O)[nH]2)n1. The molecule has 25 heavy (non-hydrogen) atoms. The van der Waals surface area contributed by atoms with Crippen LogP contribution in [-0.4, -0.2) is 27.2 Å². The van der Waals surface area contributed by atoms with E-state index in [0.29, 0.717) is 11.3 Å². The van der Waals surface area contributed by atoms with Crippen LogP contribution < -0.4 is 10.5 Å². The normalized spacial score (nSPS) is 11.5. The topological polar surface area (TPSA) is 93.9 Å². The Kier molecular flexibility index (Phi) is 4.26. The lowest BCUT2D eigenvalue weighted by molar-refractivity contribution is -0.137. The molecule has 3 rings (SSSR count). The summed E-state index contributed by atoms with van der Waals surface area (Å²) in [4.78, 5) is 21.9. The number of halogens is 3. The van der Waals surface area contributed by atoms with Gasteiger partial charge in [-0.2, -0.15) is 13.2 Å². The first kappa shape index (κ1) is 16.7. The average molecular weight is 352 g/mol. The lowest BCUT2D eigenvalue weighted by Gasteiger charge is -2.09. The van der Waals surface area contributed by atoms with Crippen LogP contribution in [0.4, 0.5) is 13.2 Å². The minimum atomic E-state index is -4.40. The molecule has 3 aromatic rings. The Morgan fingerprint density at radius 1 is 1.24 bits per heavy atom. The molecule has 0 atom stereocenters. The van der Waals surface area contributed by atoms with Crippen molar-refractivity contribution >= 4 is 0 Å². The summed E-state index contributed by atoms with van der Waals surface area (Å²) in [5.74, 6) is -0.520. The molecule has 0 aliphatic heterocycles. The van der Waals surface area contributed by atoms with Gasteiger partial charge in [0.1, 0.15) is 5.69 Å². The molecule has 0 aliphatic carbocycles. The molecule has 0 saturated carbocycles. The van der Waals surface area contributed by atoms with Gasteiger partial charge in [0.05, 0.1) is 24.6 Å². The lowest BCUT2D eigenvalue weighted by Crippen LogP contribution is -2.06. The first-order valence-corrected chi connectivity index (χ1v) is 6.99. The van der Waals surface area contributed by atoms with Gasteiger partial charge in [0.25, 0.3) is 0 Å². The van der Waals surface area contributed by atoms with Crippen LogP contribution in [0.2, 0.25) is 0 Å². The number of H-pyrrole nitrogens is 1. The van der Waals surface area contributed by atoms with Gasteiger partial charge in [0, 0.05) is 6.42 Å². The van der Waals surface area contributed by atoms with Gasteiger partial charge in [-0.25, -0.2) is 9.78 Å². The van der Waals surface area contributed by atoms with Gasteiger partial charge in [-0.3, -0.25) is 14.5 Å². The third-order valence-electron chi connectivity index (χ3n) is 3.35. The zero-order valence-electron chi connectivity index (χ0n) is 12.8. The molecule has 0 saturated heterocycles. The fourth-order valence-electron chi connectivity index (χ4n) is 2.15. The van der Waals surface area contributed by atoms with Crippen molar-refractivity contribution in [1.29, 1.82) is 0 Å². The zero-order chi connectivity index (χ0) is 18.0. The van der Waals surface area contributed by atoms with E-state index < -0.39 is 17.5 Å². The monoisotopic (exact) mass is 352 g/mol. The molecule has 0 radical (unpaired) electrons. The number of methoxy groups -OCH3 is 1. The molecule has 2 aromatic heterocycles. The molecule has 7 nitrogen and oxygen atoms in total. The number of benzene rings is 1. The quantitative estimate of drug-likeness (QED) is 0.775. The molecule has 1 aromatic carbocycles. The summed E-state index contributed by atoms with van der Waals surface area (Å²) in [7, 11) is 1.40. The second kappa shape index (κ2) is 6.38. The number of aromatic nitrogens is 4. The number of hydrogen-bond donors (Lipinski definition) is 1. The maximum Gasteiger partial charge on any atom is 0.439 e. The number of ether oxygens (including phenoxy) is 1. The van der Waals surface area contributed by atoms with E-state index in [-0.39, 0.29) is 23.8 Å².